The third-order valence-electron chi connectivity index (χ3n) is 5.54. The molecule has 0 aliphatic heterocycles. The minimum atomic E-state index is -0.544. The molecule has 144 valence electrons. The van der Waals surface area contributed by atoms with E-state index in [9.17, 15) is 9.59 Å². The number of aromatic amines is 1. The normalized spacial score (nSPS) is 19.1. The Hall–Kier alpha value is -2.19. The fraction of sp³-hybridized carbons (Fsp3) is 0.556. The predicted octanol–water partition coefficient (Wildman–Crippen LogP) is 2.27. The second-order valence-electron chi connectivity index (χ2n) is 7.58. The number of rotatable bonds is 7. The summed E-state index contributed by atoms with van der Waals surface area (Å²) >= 11 is 5.85. The van der Waals surface area contributed by atoms with Crippen molar-refractivity contribution in [3.8, 4) is 0 Å². The van der Waals surface area contributed by atoms with Crippen LogP contribution in [0, 0.1) is 17.8 Å². The minimum absolute atomic E-state index is 0.186. The average Bonchev–Trinajstić information content (AvgIpc) is 3.58. The summed E-state index contributed by atoms with van der Waals surface area (Å²) in [6.07, 6.45) is 4.65. The maximum absolute atomic E-state index is 12.6. The summed E-state index contributed by atoms with van der Waals surface area (Å²) < 4.78 is 5.23. The highest BCUT2D eigenvalue weighted by Gasteiger charge is 2.46. The zero-order valence-corrected chi connectivity index (χ0v) is 15.7. The van der Waals surface area contributed by atoms with Crippen molar-refractivity contribution in [2.24, 2.45) is 23.5 Å². The molecule has 0 bridgehead atoms. The number of H-pyrrole nitrogens is 1. The largest absolute Gasteiger partial charge is 0.338 e. The third-order valence-corrected chi connectivity index (χ3v) is 5.73. The van der Waals surface area contributed by atoms with Crippen molar-refractivity contribution in [2.75, 3.05) is 5.32 Å². The molecule has 4 rings (SSSR count). The summed E-state index contributed by atoms with van der Waals surface area (Å²) in [5.41, 5.74) is 6.82. The maximum atomic E-state index is 12.6. The Morgan fingerprint density at radius 1 is 1.33 bits per heavy atom. The van der Waals surface area contributed by atoms with E-state index < -0.39 is 6.04 Å². The van der Waals surface area contributed by atoms with Gasteiger partial charge in [0.05, 0.1) is 11.7 Å². The first-order valence-electron chi connectivity index (χ1n) is 9.22. The van der Waals surface area contributed by atoms with Gasteiger partial charge in [-0.25, -0.2) is 5.10 Å². The van der Waals surface area contributed by atoms with E-state index in [2.05, 4.69) is 20.7 Å². The molecule has 0 spiro atoms. The quantitative estimate of drug-likeness (QED) is 0.664. The SMILES string of the molecule is CC(c1cc(NC(=O)C(N)C(C2CC2)C2CC2)on1)c1cc(Cl)n[nH]c1=O. The van der Waals surface area contributed by atoms with Crippen molar-refractivity contribution < 1.29 is 9.32 Å². The molecule has 0 saturated heterocycles. The van der Waals surface area contributed by atoms with Crippen molar-refractivity contribution >= 4 is 23.4 Å². The number of aromatic nitrogens is 3. The van der Waals surface area contributed by atoms with Gasteiger partial charge < -0.3 is 10.3 Å². The molecule has 0 aromatic carbocycles. The van der Waals surface area contributed by atoms with Crippen LogP contribution in [0.25, 0.3) is 0 Å². The van der Waals surface area contributed by atoms with Crippen LogP contribution in [0.3, 0.4) is 0 Å². The lowest BCUT2D eigenvalue weighted by Gasteiger charge is -2.22. The monoisotopic (exact) mass is 391 g/mol. The lowest BCUT2D eigenvalue weighted by Crippen LogP contribution is -2.43. The fourth-order valence-corrected chi connectivity index (χ4v) is 3.90. The lowest BCUT2D eigenvalue weighted by atomic mass is 9.89. The van der Waals surface area contributed by atoms with Gasteiger partial charge in [-0.2, -0.15) is 5.10 Å². The summed E-state index contributed by atoms with van der Waals surface area (Å²) in [4.78, 5) is 24.5. The zero-order valence-electron chi connectivity index (χ0n) is 14.9. The number of carbonyl (C=O) groups is 1. The second-order valence-corrected chi connectivity index (χ2v) is 7.97. The fourth-order valence-electron chi connectivity index (χ4n) is 3.74. The summed E-state index contributed by atoms with van der Waals surface area (Å²) in [6.45, 7) is 1.80. The topological polar surface area (TPSA) is 127 Å². The van der Waals surface area contributed by atoms with E-state index in [0.717, 1.165) is 25.7 Å². The minimum Gasteiger partial charge on any atom is -0.338 e. The van der Waals surface area contributed by atoms with Crippen LogP contribution in [-0.4, -0.2) is 27.3 Å². The van der Waals surface area contributed by atoms with E-state index in [1.54, 1.807) is 13.0 Å². The number of amides is 1. The number of halogens is 1. The van der Waals surface area contributed by atoms with E-state index in [1.807, 2.05) is 0 Å². The molecule has 2 aromatic rings. The zero-order chi connectivity index (χ0) is 19.1. The first-order chi connectivity index (χ1) is 12.9. The first-order valence-corrected chi connectivity index (χ1v) is 9.60. The maximum Gasteiger partial charge on any atom is 0.268 e. The Balaban J connectivity index is 1.45. The van der Waals surface area contributed by atoms with E-state index >= 15 is 0 Å². The number of anilines is 1. The van der Waals surface area contributed by atoms with Crippen molar-refractivity contribution in [1.29, 1.82) is 0 Å². The average molecular weight is 392 g/mol. The van der Waals surface area contributed by atoms with Gasteiger partial charge in [0.15, 0.2) is 0 Å². The van der Waals surface area contributed by atoms with Crippen LogP contribution in [0.15, 0.2) is 21.5 Å². The molecule has 9 heteroatoms. The van der Waals surface area contributed by atoms with Crippen LogP contribution in [0.4, 0.5) is 5.88 Å². The third kappa shape index (κ3) is 3.91. The van der Waals surface area contributed by atoms with Gasteiger partial charge in [0.2, 0.25) is 11.8 Å². The number of hydrogen-bond acceptors (Lipinski definition) is 6. The van der Waals surface area contributed by atoms with Crippen LogP contribution in [0.2, 0.25) is 5.15 Å². The van der Waals surface area contributed by atoms with Gasteiger partial charge in [-0.3, -0.25) is 14.9 Å². The van der Waals surface area contributed by atoms with Gasteiger partial charge in [0, 0.05) is 17.5 Å². The number of carbonyl (C=O) groups excluding carboxylic acids is 1. The van der Waals surface area contributed by atoms with Gasteiger partial charge in [-0.05, 0) is 49.5 Å². The van der Waals surface area contributed by atoms with Gasteiger partial charge in [-0.15, -0.1) is 0 Å². The van der Waals surface area contributed by atoms with Crippen LogP contribution in [-0.2, 0) is 4.79 Å². The molecule has 27 heavy (non-hydrogen) atoms. The summed E-state index contributed by atoms with van der Waals surface area (Å²) in [6, 6.07) is 2.55. The van der Waals surface area contributed by atoms with Crippen LogP contribution in [0.5, 0.6) is 0 Å². The van der Waals surface area contributed by atoms with E-state index in [1.165, 1.54) is 6.07 Å². The molecular weight excluding hydrogens is 370 g/mol. The van der Waals surface area contributed by atoms with E-state index in [0.29, 0.717) is 23.1 Å². The molecule has 2 atom stereocenters. The highest BCUT2D eigenvalue weighted by atomic mass is 35.5. The van der Waals surface area contributed by atoms with Gasteiger partial charge >= 0.3 is 0 Å². The molecule has 2 heterocycles. The van der Waals surface area contributed by atoms with Gasteiger partial charge in [0.25, 0.3) is 5.56 Å². The lowest BCUT2D eigenvalue weighted by molar-refractivity contribution is -0.119. The van der Waals surface area contributed by atoms with Crippen molar-refractivity contribution in [3.63, 3.8) is 0 Å². The molecular formula is C18H22ClN5O3. The van der Waals surface area contributed by atoms with Crippen molar-refractivity contribution in [2.45, 2.75) is 44.6 Å². The Morgan fingerprint density at radius 3 is 2.63 bits per heavy atom. The van der Waals surface area contributed by atoms with Crippen LogP contribution >= 0.6 is 11.6 Å². The molecule has 2 unspecified atom stereocenters. The summed E-state index contributed by atoms with van der Waals surface area (Å²) in [7, 11) is 0. The first kappa shape index (κ1) is 18.2. The number of nitrogens with zero attached hydrogens (tertiary/aromatic N) is 2. The second kappa shape index (κ2) is 7.09. The van der Waals surface area contributed by atoms with Crippen LogP contribution < -0.4 is 16.6 Å². The molecule has 2 saturated carbocycles. The Bertz CT molecular complexity index is 890. The molecule has 2 aliphatic rings. The predicted molar refractivity (Wildman–Crippen MR) is 99.4 cm³/mol. The van der Waals surface area contributed by atoms with Crippen LogP contribution in [0.1, 0.15) is 49.8 Å². The van der Waals surface area contributed by atoms with Gasteiger partial charge in [-0.1, -0.05) is 23.7 Å². The molecule has 2 aromatic heterocycles. The Kier molecular flexibility index (Phi) is 4.77. The van der Waals surface area contributed by atoms with E-state index in [-0.39, 0.29) is 34.3 Å². The Morgan fingerprint density at radius 2 is 2.00 bits per heavy atom. The molecule has 2 fully saturated rings. The molecule has 0 radical (unpaired) electrons. The molecule has 2 aliphatic carbocycles. The molecule has 1 amide bonds. The van der Waals surface area contributed by atoms with Gasteiger partial charge in [0.1, 0.15) is 5.15 Å². The number of nitrogens with one attached hydrogen (secondary N) is 2. The summed E-state index contributed by atoms with van der Waals surface area (Å²) in [5.74, 6) is 1.00. The summed E-state index contributed by atoms with van der Waals surface area (Å²) in [5, 5.41) is 12.9. The Labute approximate surface area is 160 Å². The van der Waals surface area contributed by atoms with Crippen molar-refractivity contribution in [3.05, 3.63) is 38.9 Å². The smallest absolute Gasteiger partial charge is 0.268 e. The number of nitrogens with two attached hydrogens (primary N) is 1. The standard InChI is InChI=1S/C18H22ClN5O3/c1-8(11-6-13(19)22-23-17(11)25)12-7-14(27-24-12)21-18(26)16(20)15(9-2-3-9)10-4-5-10/h6-10,15-16H,2-5,20H2,1H3,(H,21,26)(H,23,25). The highest BCUT2D eigenvalue weighted by molar-refractivity contribution is 6.29. The van der Waals surface area contributed by atoms with Crippen molar-refractivity contribution in [1.82, 2.24) is 15.4 Å². The molecule has 4 N–H and O–H groups in total. The molecule has 8 nitrogen and oxygen atoms in total. The highest BCUT2D eigenvalue weighted by Crippen LogP contribution is 2.50. The number of hydrogen-bond donors (Lipinski definition) is 3. The van der Waals surface area contributed by atoms with E-state index in [4.69, 9.17) is 21.9 Å².